The molecule has 0 aromatic carbocycles. The van der Waals surface area contributed by atoms with Gasteiger partial charge in [-0.15, -0.1) is 0 Å². The Morgan fingerprint density at radius 1 is 1.54 bits per heavy atom. The Balaban J connectivity index is 3.46. The van der Waals surface area contributed by atoms with E-state index >= 15 is 0 Å². The van der Waals surface area contributed by atoms with Crippen molar-refractivity contribution in [3.8, 4) is 0 Å². The molecule has 4 N–H and O–H groups in total. The van der Waals surface area contributed by atoms with E-state index in [1.807, 2.05) is 0 Å². The normalized spacial score (nSPS) is 13.3. The van der Waals surface area contributed by atoms with Gasteiger partial charge in [-0.3, -0.25) is 0 Å². The van der Waals surface area contributed by atoms with Crippen molar-refractivity contribution in [3.63, 3.8) is 0 Å². The number of oxime groups is 1. The van der Waals surface area contributed by atoms with Crippen molar-refractivity contribution in [2.75, 3.05) is 6.54 Å². The Hall–Kier alpha value is -0.770. The summed E-state index contributed by atoms with van der Waals surface area (Å²) in [5.74, 6) is 0.302. The summed E-state index contributed by atoms with van der Waals surface area (Å²) in [6.45, 7) is 7.38. The second-order valence-corrected chi connectivity index (χ2v) is 3.86. The molecule has 0 aromatic heterocycles. The first-order chi connectivity index (χ1) is 6.02. The smallest absolute Gasteiger partial charge is 0.139 e. The van der Waals surface area contributed by atoms with Gasteiger partial charge in [0.05, 0.1) is 0 Å². The zero-order valence-corrected chi connectivity index (χ0v) is 8.80. The first kappa shape index (κ1) is 12.2. The third-order valence-corrected chi connectivity index (χ3v) is 2.23. The Kier molecular flexibility index (Phi) is 5.46. The first-order valence-corrected chi connectivity index (χ1v) is 4.73. The van der Waals surface area contributed by atoms with E-state index in [-0.39, 0.29) is 5.54 Å². The zero-order valence-electron chi connectivity index (χ0n) is 8.80. The van der Waals surface area contributed by atoms with Crippen LogP contribution in [0.3, 0.4) is 0 Å². The minimum absolute atomic E-state index is 0.186. The van der Waals surface area contributed by atoms with Gasteiger partial charge in [0.1, 0.15) is 5.84 Å². The Labute approximate surface area is 80.2 Å². The molecule has 0 aromatic rings. The number of nitrogens with one attached hydrogen (secondary N) is 1. The zero-order chi connectivity index (χ0) is 10.3. The maximum absolute atomic E-state index is 8.28. The lowest BCUT2D eigenvalue weighted by Gasteiger charge is -2.24. The molecule has 4 heteroatoms. The monoisotopic (exact) mass is 187 g/mol. The minimum atomic E-state index is 0.186. The highest BCUT2D eigenvalue weighted by Gasteiger charge is 2.12. The standard InChI is InChI=1S/C9H21N3O/c1-4-9(2,3)11-7-5-6-8(10)12-13/h11,13H,4-7H2,1-3H3,(H2,10,12). The van der Waals surface area contributed by atoms with Crippen molar-refractivity contribution >= 4 is 5.84 Å². The van der Waals surface area contributed by atoms with Crippen LogP contribution in [0.25, 0.3) is 0 Å². The molecule has 0 saturated carbocycles. The number of nitrogens with zero attached hydrogens (tertiary/aromatic N) is 1. The second kappa shape index (κ2) is 5.80. The quantitative estimate of drug-likeness (QED) is 0.193. The summed E-state index contributed by atoms with van der Waals surface area (Å²) < 4.78 is 0. The van der Waals surface area contributed by atoms with Crippen molar-refractivity contribution < 1.29 is 5.21 Å². The number of rotatable bonds is 6. The van der Waals surface area contributed by atoms with E-state index in [1.54, 1.807) is 0 Å². The molecule has 0 amide bonds. The summed E-state index contributed by atoms with van der Waals surface area (Å²) in [5.41, 5.74) is 5.51. The van der Waals surface area contributed by atoms with E-state index in [0.29, 0.717) is 12.3 Å². The largest absolute Gasteiger partial charge is 0.409 e. The molecular weight excluding hydrogens is 166 g/mol. The lowest BCUT2D eigenvalue weighted by atomic mass is 10.0. The maximum Gasteiger partial charge on any atom is 0.139 e. The van der Waals surface area contributed by atoms with Crippen molar-refractivity contribution in [2.45, 2.75) is 45.6 Å². The van der Waals surface area contributed by atoms with Gasteiger partial charge in [0.15, 0.2) is 0 Å². The molecule has 0 spiro atoms. The molecule has 78 valence electrons. The summed E-state index contributed by atoms with van der Waals surface area (Å²) in [6.07, 6.45) is 2.64. The number of hydrogen-bond acceptors (Lipinski definition) is 3. The molecule has 0 fully saturated rings. The summed E-state index contributed by atoms with van der Waals surface area (Å²) >= 11 is 0. The highest BCUT2D eigenvalue weighted by atomic mass is 16.4. The lowest BCUT2D eigenvalue weighted by Crippen LogP contribution is -2.39. The molecule has 0 saturated heterocycles. The molecule has 0 heterocycles. The summed E-state index contributed by atoms with van der Waals surface area (Å²) in [6, 6.07) is 0. The highest BCUT2D eigenvalue weighted by molar-refractivity contribution is 5.79. The van der Waals surface area contributed by atoms with Gasteiger partial charge in [-0.2, -0.15) is 0 Å². The predicted octanol–water partition coefficient (Wildman–Crippen LogP) is 1.29. The van der Waals surface area contributed by atoms with Gasteiger partial charge in [-0.25, -0.2) is 0 Å². The molecule has 0 unspecified atom stereocenters. The van der Waals surface area contributed by atoms with Crippen LogP contribution >= 0.6 is 0 Å². The van der Waals surface area contributed by atoms with Crippen molar-refractivity contribution in [1.82, 2.24) is 5.32 Å². The third-order valence-electron chi connectivity index (χ3n) is 2.23. The van der Waals surface area contributed by atoms with Crippen LogP contribution in [0.5, 0.6) is 0 Å². The van der Waals surface area contributed by atoms with Crippen LogP contribution in [0.2, 0.25) is 0 Å². The fraction of sp³-hybridized carbons (Fsp3) is 0.889. The Bertz CT molecular complexity index is 166. The van der Waals surface area contributed by atoms with Crippen LogP contribution < -0.4 is 11.1 Å². The van der Waals surface area contributed by atoms with Crippen LogP contribution in [0, 0.1) is 0 Å². The van der Waals surface area contributed by atoms with Crippen LogP contribution in [-0.2, 0) is 0 Å². The molecular formula is C9H21N3O. The fourth-order valence-corrected chi connectivity index (χ4v) is 0.871. The number of hydrogen-bond donors (Lipinski definition) is 3. The van der Waals surface area contributed by atoms with Gasteiger partial charge in [0.25, 0.3) is 0 Å². The van der Waals surface area contributed by atoms with E-state index in [9.17, 15) is 0 Å². The predicted molar refractivity (Wildman–Crippen MR) is 55.0 cm³/mol. The van der Waals surface area contributed by atoms with Crippen LogP contribution in [0.15, 0.2) is 5.16 Å². The average Bonchev–Trinajstić information content (AvgIpc) is 2.12. The van der Waals surface area contributed by atoms with Crippen LogP contribution in [-0.4, -0.2) is 23.1 Å². The van der Waals surface area contributed by atoms with E-state index in [4.69, 9.17) is 10.9 Å². The Morgan fingerprint density at radius 2 is 2.15 bits per heavy atom. The molecule has 0 bridgehead atoms. The number of nitrogens with two attached hydrogens (primary N) is 1. The average molecular weight is 187 g/mol. The van der Waals surface area contributed by atoms with E-state index in [0.717, 1.165) is 19.4 Å². The first-order valence-electron chi connectivity index (χ1n) is 4.73. The molecule has 0 radical (unpaired) electrons. The summed E-state index contributed by atoms with van der Waals surface area (Å²) in [4.78, 5) is 0. The van der Waals surface area contributed by atoms with Gasteiger partial charge >= 0.3 is 0 Å². The molecule has 0 aliphatic rings. The van der Waals surface area contributed by atoms with Gasteiger partial charge in [0, 0.05) is 12.0 Å². The van der Waals surface area contributed by atoms with Crippen LogP contribution in [0.4, 0.5) is 0 Å². The van der Waals surface area contributed by atoms with Crippen molar-refractivity contribution in [2.24, 2.45) is 10.9 Å². The topological polar surface area (TPSA) is 70.6 Å². The van der Waals surface area contributed by atoms with Crippen LogP contribution in [0.1, 0.15) is 40.0 Å². The molecule has 0 rings (SSSR count). The summed E-state index contributed by atoms with van der Waals surface area (Å²) in [7, 11) is 0. The van der Waals surface area contributed by atoms with E-state index in [1.165, 1.54) is 0 Å². The second-order valence-electron chi connectivity index (χ2n) is 3.86. The SMILES string of the molecule is CCC(C)(C)NCCCC(N)=NO. The maximum atomic E-state index is 8.28. The van der Waals surface area contributed by atoms with Gasteiger partial charge < -0.3 is 16.3 Å². The fourth-order valence-electron chi connectivity index (χ4n) is 0.871. The molecule has 0 atom stereocenters. The van der Waals surface area contributed by atoms with E-state index in [2.05, 4.69) is 31.2 Å². The van der Waals surface area contributed by atoms with Gasteiger partial charge in [-0.1, -0.05) is 12.1 Å². The minimum Gasteiger partial charge on any atom is -0.409 e. The van der Waals surface area contributed by atoms with Gasteiger partial charge in [-0.05, 0) is 33.2 Å². The summed E-state index contributed by atoms with van der Waals surface area (Å²) in [5, 5.41) is 14.6. The van der Waals surface area contributed by atoms with Crippen molar-refractivity contribution in [3.05, 3.63) is 0 Å². The molecule has 4 nitrogen and oxygen atoms in total. The molecule has 13 heavy (non-hydrogen) atoms. The third kappa shape index (κ3) is 6.40. The van der Waals surface area contributed by atoms with Crippen molar-refractivity contribution in [1.29, 1.82) is 0 Å². The number of amidine groups is 1. The molecule has 0 aliphatic heterocycles. The Morgan fingerprint density at radius 3 is 2.62 bits per heavy atom. The highest BCUT2D eigenvalue weighted by Crippen LogP contribution is 2.06. The van der Waals surface area contributed by atoms with E-state index < -0.39 is 0 Å². The lowest BCUT2D eigenvalue weighted by molar-refractivity contribution is 0.316. The molecule has 0 aliphatic carbocycles. The van der Waals surface area contributed by atoms with Gasteiger partial charge in [0.2, 0.25) is 0 Å².